The highest BCUT2D eigenvalue weighted by atomic mass is 14.4. The molecule has 0 saturated carbocycles. The molecule has 1 unspecified atom stereocenters. The van der Waals surface area contributed by atoms with Crippen LogP contribution in [0.4, 0.5) is 0 Å². The van der Waals surface area contributed by atoms with Crippen LogP contribution in [-0.2, 0) is 0 Å². The van der Waals surface area contributed by atoms with E-state index in [2.05, 4.69) is 45.9 Å². The van der Waals surface area contributed by atoms with Crippen molar-refractivity contribution in [1.29, 1.82) is 10.5 Å². The third kappa shape index (κ3) is 2.32. The van der Waals surface area contributed by atoms with Gasteiger partial charge in [-0.1, -0.05) is 32.4 Å². The summed E-state index contributed by atoms with van der Waals surface area (Å²) in [4.78, 5) is 0. The first-order valence-corrected chi connectivity index (χ1v) is 7.38. The van der Waals surface area contributed by atoms with Gasteiger partial charge in [-0.05, 0) is 60.7 Å². The Hall–Kier alpha value is -1.80. The second kappa shape index (κ2) is 5.29. The molecule has 0 amide bonds. The minimum absolute atomic E-state index is 0.224. The van der Waals surface area contributed by atoms with Gasteiger partial charge in [0.2, 0.25) is 0 Å². The van der Waals surface area contributed by atoms with Crippen LogP contribution >= 0.6 is 0 Å². The first-order chi connectivity index (χ1) is 9.42. The van der Waals surface area contributed by atoms with E-state index in [1.165, 1.54) is 24.0 Å². The SMILES string of the molecule is CC1=C2C=C(C(C)C)CCC2(C)CCC1=C(C#N)C#N. The summed E-state index contributed by atoms with van der Waals surface area (Å²) in [5.41, 5.74) is 5.49. The summed E-state index contributed by atoms with van der Waals surface area (Å²) in [5, 5.41) is 18.3. The minimum Gasteiger partial charge on any atom is -0.192 e. The zero-order valence-electron chi connectivity index (χ0n) is 12.9. The van der Waals surface area contributed by atoms with Gasteiger partial charge in [0.15, 0.2) is 0 Å². The fraction of sp³-hybridized carbons (Fsp3) is 0.556. The maximum absolute atomic E-state index is 9.13. The molecule has 2 nitrogen and oxygen atoms in total. The lowest BCUT2D eigenvalue weighted by Crippen LogP contribution is -2.28. The van der Waals surface area contributed by atoms with E-state index >= 15 is 0 Å². The van der Waals surface area contributed by atoms with E-state index in [-0.39, 0.29) is 5.41 Å². The molecule has 104 valence electrons. The van der Waals surface area contributed by atoms with Crippen LogP contribution in [-0.4, -0.2) is 0 Å². The van der Waals surface area contributed by atoms with Gasteiger partial charge in [0.05, 0.1) is 0 Å². The Labute approximate surface area is 122 Å². The van der Waals surface area contributed by atoms with Gasteiger partial charge in [0, 0.05) is 0 Å². The molecular weight excluding hydrogens is 244 g/mol. The molecule has 0 bridgehead atoms. The molecule has 0 saturated heterocycles. The second-order valence-electron chi connectivity index (χ2n) is 6.55. The Morgan fingerprint density at radius 1 is 1.20 bits per heavy atom. The van der Waals surface area contributed by atoms with Crippen molar-refractivity contribution in [2.75, 3.05) is 0 Å². The molecule has 0 radical (unpaired) electrons. The average molecular weight is 266 g/mol. The van der Waals surface area contributed by atoms with Crippen molar-refractivity contribution in [3.8, 4) is 12.1 Å². The first kappa shape index (κ1) is 14.6. The number of hydrogen-bond donors (Lipinski definition) is 0. The van der Waals surface area contributed by atoms with Crippen LogP contribution in [0, 0.1) is 34.0 Å². The van der Waals surface area contributed by atoms with Crippen LogP contribution in [0.25, 0.3) is 0 Å². The maximum atomic E-state index is 9.13. The van der Waals surface area contributed by atoms with Crippen molar-refractivity contribution in [1.82, 2.24) is 0 Å². The van der Waals surface area contributed by atoms with Crippen molar-refractivity contribution in [3.05, 3.63) is 33.9 Å². The van der Waals surface area contributed by atoms with Gasteiger partial charge >= 0.3 is 0 Å². The normalized spacial score (nSPS) is 25.8. The molecule has 1 atom stereocenters. The van der Waals surface area contributed by atoms with Crippen molar-refractivity contribution in [2.24, 2.45) is 11.3 Å². The Morgan fingerprint density at radius 2 is 1.80 bits per heavy atom. The van der Waals surface area contributed by atoms with Gasteiger partial charge in [-0.25, -0.2) is 0 Å². The standard InChI is InChI=1S/C18H22N2/c1-12(2)14-5-7-18(4)8-6-16(15(10-19)11-20)13(3)17(18)9-14/h9,12H,5-8H2,1-4H3. The first-order valence-electron chi connectivity index (χ1n) is 7.38. The highest BCUT2D eigenvalue weighted by molar-refractivity contribution is 5.55. The Balaban J connectivity index is 2.62. The largest absolute Gasteiger partial charge is 0.192 e. The molecule has 2 rings (SSSR count). The van der Waals surface area contributed by atoms with Gasteiger partial charge in [-0.3, -0.25) is 0 Å². The van der Waals surface area contributed by atoms with E-state index in [0.29, 0.717) is 11.5 Å². The van der Waals surface area contributed by atoms with E-state index in [1.807, 2.05) is 0 Å². The summed E-state index contributed by atoms with van der Waals surface area (Å²) in [6.07, 6.45) is 6.60. The molecule has 0 spiro atoms. The van der Waals surface area contributed by atoms with Crippen molar-refractivity contribution < 1.29 is 0 Å². The molecule has 20 heavy (non-hydrogen) atoms. The smallest absolute Gasteiger partial charge is 0.133 e. The lowest BCUT2D eigenvalue weighted by molar-refractivity contribution is 0.315. The predicted octanol–water partition coefficient (Wildman–Crippen LogP) is 4.82. The van der Waals surface area contributed by atoms with Crippen LogP contribution < -0.4 is 0 Å². The van der Waals surface area contributed by atoms with E-state index in [4.69, 9.17) is 10.5 Å². The summed E-state index contributed by atoms with van der Waals surface area (Å²) in [6.45, 7) is 8.88. The lowest BCUT2D eigenvalue weighted by atomic mass is 9.63. The zero-order valence-corrected chi connectivity index (χ0v) is 12.9. The third-order valence-electron chi connectivity index (χ3n) is 5.00. The van der Waals surface area contributed by atoms with E-state index in [1.54, 1.807) is 0 Å². The number of fused-ring (bicyclic) bond motifs is 1. The second-order valence-corrected chi connectivity index (χ2v) is 6.55. The minimum atomic E-state index is 0.224. The predicted molar refractivity (Wildman–Crippen MR) is 80.4 cm³/mol. The molecule has 2 heteroatoms. The van der Waals surface area contributed by atoms with Crippen molar-refractivity contribution in [3.63, 3.8) is 0 Å². The number of rotatable bonds is 1. The number of nitriles is 2. The molecule has 0 aromatic rings. The monoisotopic (exact) mass is 266 g/mol. The summed E-state index contributed by atoms with van der Waals surface area (Å²) >= 11 is 0. The van der Waals surface area contributed by atoms with Crippen molar-refractivity contribution in [2.45, 2.75) is 53.4 Å². The number of allylic oxidation sites excluding steroid dienone is 6. The van der Waals surface area contributed by atoms with E-state index < -0.39 is 0 Å². The molecule has 0 fully saturated rings. The van der Waals surface area contributed by atoms with E-state index in [0.717, 1.165) is 24.0 Å². The number of nitrogens with zero attached hydrogens (tertiary/aromatic N) is 2. The van der Waals surface area contributed by atoms with Gasteiger partial charge in [-0.2, -0.15) is 10.5 Å². The van der Waals surface area contributed by atoms with Gasteiger partial charge in [0.1, 0.15) is 17.7 Å². The summed E-state index contributed by atoms with van der Waals surface area (Å²) in [7, 11) is 0. The lowest BCUT2D eigenvalue weighted by Gasteiger charge is -2.41. The fourth-order valence-electron chi connectivity index (χ4n) is 3.49. The third-order valence-corrected chi connectivity index (χ3v) is 5.00. The molecule has 0 aromatic carbocycles. The molecule has 0 N–H and O–H groups in total. The zero-order chi connectivity index (χ0) is 14.9. The van der Waals surface area contributed by atoms with E-state index in [9.17, 15) is 0 Å². The molecule has 2 aliphatic rings. The quantitative estimate of drug-likeness (QED) is 0.638. The summed E-state index contributed by atoms with van der Waals surface area (Å²) < 4.78 is 0. The van der Waals surface area contributed by atoms with Crippen LogP contribution in [0.1, 0.15) is 53.4 Å². The molecule has 0 heterocycles. The Kier molecular flexibility index (Phi) is 3.87. The van der Waals surface area contributed by atoms with Crippen LogP contribution in [0.15, 0.2) is 33.9 Å². The Bertz CT molecular complexity index is 586. The number of hydrogen-bond acceptors (Lipinski definition) is 2. The van der Waals surface area contributed by atoms with Crippen LogP contribution in [0.2, 0.25) is 0 Å². The van der Waals surface area contributed by atoms with Gasteiger partial charge in [0.25, 0.3) is 0 Å². The maximum Gasteiger partial charge on any atom is 0.133 e. The molecule has 0 aromatic heterocycles. The van der Waals surface area contributed by atoms with Crippen molar-refractivity contribution >= 4 is 0 Å². The van der Waals surface area contributed by atoms with Crippen LogP contribution in [0.3, 0.4) is 0 Å². The highest BCUT2D eigenvalue weighted by Gasteiger charge is 2.37. The van der Waals surface area contributed by atoms with Crippen LogP contribution in [0.5, 0.6) is 0 Å². The summed E-state index contributed by atoms with van der Waals surface area (Å²) in [6, 6.07) is 4.12. The van der Waals surface area contributed by atoms with Gasteiger partial charge < -0.3 is 0 Å². The van der Waals surface area contributed by atoms with Gasteiger partial charge in [-0.15, -0.1) is 0 Å². The fourth-order valence-corrected chi connectivity index (χ4v) is 3.49. The summed E-state index contributed by atoms with van der Waals surface area (Å²) in [5.74, 6) is 0.570. The molecule has 0 aliphatic heterocycles. The molecular formula is C18H22N2. The topological polar surface area (TPSA) is 47.6 Å². The molecule has 2 aliphatic carbocycles. The average Bonchev–Trinajstić information content (AvgIpc) is 2.42. The Morgan fingerprint density at radius 3 is 2.35 bits per heavy atom. The highest BCUT2D eigenvalue weighted by Crippen LogP contribution is 2.51.